The van der Waals surface area contributed by atoms with Crippen LogP contribution in [-0.4, -0.2) is 5.11 Å². The first kappa shape index (κ1) is 15.4. The van der Waals surface area contributed by atoms with E-state index in [4.69, 9.17) is 12.2 Å². The van der Waals surface area contributed by atoms with Crippen LogP contribution in [0.25, 0.3) is 0 Å². The SMILES string of the molecule is CCc1cccc(CC)c1NC(=S)Nc1ccccc1F. The van der Waals surface area contributed by atoms with Crippen LogP contribution in [-0.2, 0) is 12.8 Å². The smallest absolute Gasteiger partial charge is 0.175 e. The number of rotatable bonds is 4. The van der Waals surface area contributed by atoms with Crippen molar-refractivity contribution in [1.29, 1.82) is 0 Å². The molecule has 0 aliphatic rings. The van der Waals surface area contributed by atoms with Crippen molar-refractivity contribution in [3.8, 4) is 0 Å². The molecule has 0 bridgehead atoms. The lowest BCUT2D eigenvalue weighted by Crippen LogP contribution is -2.21. The minimum absolute atomic E-state index is 0.318. The van der Waals surface area contributed by atoms with Crippen molar-refractivity contribution in [2.75, 3.05) is 10.6 Å². The number of thiocarbonyl (C=S) groups is 1. The average Bonchev–Trinajstić information content (AvgIpc) is 2.49. The molecule has 2 aromatic carbocycles. The van der Waals surface area contributed by atoms with E-state index in [0.29, 0.717) is 10.8 Å². The number of hydrogen-bond donors (Lipinski definition) is 2. The van der Waals surface area contributed by atoms with E-state index >= 15 is 0 Å². The monoisotopic (exact) mass is 302 g/mol. The Morgan fingerprint density at radius 3 is 2.14 bits per heavy atom. The Hall–Kier alpha value is -1.94. The number of para-hydroxylation sites is 2. The summed E-state index contributed by atoms with van der Waals surface area (Å²) in [4.78, 5) is 0. The third-order valence-corrected chi connectivity index (χ3v) is 3.56. The largest absolute Gasteiger partial charge is 0.332 e. The molecule has 0 saturated carbocycles. The van der Waals surface area contributed by atoms with Crippen molar-refractivity contribution in [3.05, 3.63) is 59.4 Å². The number of aryl methyl sites for hydroxylation is 2. The number of nitrogens with one attached hydrogen (secondary N) is 2. The molecule has 21 heavy (non-hydrogen) atoms. The van der Waals surface area contributed by atoms with Gasteiger partial charge < -0.3 is 10.6 Å². The van der Waals surface area contributed by atoms with Gasteiger partial charge in [0.05, 0.1) is 5.69 Å². The van der Waals surface area contributed by atoms with Gasteiger partial charge in [-0.3, -0.25) is 0 Å². The van der Waals surface area contributed by atoms with Crippen molar-refractivity contribution in [2.45, 2.75) is 26.7 Å². The van der Waals surface area contributed by atoms with Crippen LogP contribution in [0.2, 0.25) is 0 Å². The minimum Gasteiger partial charge on any atom is -0.332 e. The number of halogens is 1. The van der Waals surface area contributed by atoms with Gasteiger partial charge in [0.1, 0.15) is 5.82 Å². The number of benzene rings is 2. The van der Waals surface area contributed by atoms with Crippen LogP contribution in [0, 0.1) is 5.82 Å². The van der Waals surface area contributed by atoms with Gasteiger partial charge in [-0.1, -0.05) is 44.2 Å². The van der Waals surface area contributed by atoms with Crippen molar-refractivity contribution in [3.63, 3.8) is 0 Å². The standard InChI is InChI=1S/C17H19FN2S/c1-3-12-8-7-9-13(4-2)16(12)20-17(21)19-15-11-6-5-10-14(15)18/h5-11H,3-4H2,1-2H3,(H2,19,20,21). The molecule has 0 aromatic heterocycles. The summed E-state index contributed by atoms with van der Waals surface area (Å²) in [5, 5.41) is 6.52. The van der Waals surface area contributed by atoms with E-state index in [0.717, 1.165) is 18.5 Å². The molecule has 0 aliphatic carbocycles. The topological polar surface area (TPSA) is 24.1 Å². The van der Waals surface area contributed by atoms with Gasteiger partial charge in [-0.25, -0.2) is 4.39 Å². The number of hydrogen-bond acceptors (Lipinski definition) is 1. The molecule has 0 unspecified atom stereocenters. The zero-order valence-electron chi connectivity index (χ0n) is 12.2. The third-order valence-electron chi connectivity index (χ3n) is 3.36. The second-order valence-corrected chi connectivity index (χ2v) is 5.13. The summed E-state index contributed by atoms with van der Waals surface area (Å²) in [6.45, 7) is 4.21. The van der Waals surface area contributed by atoms with Gasteiger partial charge >= 0.3 is 0 Å². The van der Waals surface area contributed by atoms with Crippen molar-refractivity contribution in [1.82, 2.24) is 0 Å². The number of anilines is 2. The first-order valence-electron chi connectivity index (χ1n) is 7.09. The fraction of sp³-hybridized carbons (Fsp3) is 0.235. The van der Waals surface area contributed by atoms with Gasteiger partial charge in [-0.05, 0) is 48.3 Å². The van der Waals surface area contributed by atoms with Crippen molar-refractivity contribution >= 4 is 28.7 Å². The van der Waals surface area contributed by atoms with Crippen LogP contribution < -0.4 is 10.6 Å². The average molecular weight is 302 g/mol. The molecule has 0 fully saturated rings. The molecule has 0 spiro atoms. The van der Waals surface area contributed by atoms with Gasteiger partial charge in [0.25, 0.3) is 0 Å². The highest BCUT2D eigenvalue weighted by Crippen LogP contribution is 2.23. The quantitative estimate of drug-likeness (QED) is 0.796. The minimum atomic E-state index is -0.318. The van der Waals surface area contributed by atoms with Gasteiger partial charge in [-0.15, -0.1) is 0 Å². The second-order valence-electron chi connectivity index (χ2n) is 4.72. The molecular formula is C17H19FN2S. The van der Waals surface area contributed by atoms with E-state index in [1.54, 1.807) is 18.2 Å². The predicted octanol–water partition coefficient (Wildman–Crippen LogP) is 4.76. The maximum Gasteiger partial charge on any atom is 0.175 e. The first-order chi connectivity index (χ1) is 10.2. The van der Waals surface area contributed by atoms with Crippen LogP contribution >= 0.6 is 12.2 Å². The molecule has 0 radical (unpaired) electrons. The third kappa shape index (κ3) is 3.79. The second kappa shape index (κ2) is 7.18. The van der Waals surface area contributed by atoms with E-state index in [2.05, 4.69) is 42.7 Å². The summed E-state index contributed by atoms with van der Waals surface area (Å²) in [6.07, 6.45) is 1.83. The van der Waals surface area contributed by atoms with Gasteiger partial charge in [0.2, 0.25) is 0 Å². The lowest BCUT2D eigenvalue weighted by atomic mass is 10.0. The summed E-state index contributed by atoms with van der Waals surface area (Å²) < 4.78 is 13.6. The Labute approximate surface area is 130 Å². The van der Waals surface area contributed by atoms with E-state index in [1.165, 1.54) is 17.2 Å². The zero-order chi connectivity index (χ0) is 15.2. The Balaban J connectivity index is 2.18. The van der Waals surface area contributed by atoms with Gasteiger partial charge in [-0.2, -0.15) is 0 Å². The van der Waals surface area contributed by atoms with Crippen LogP contribution in [0.3, 0.4) is 0 Å². The molecule has 0 heterocycles. The Morgan fingerprint density at radius 1 is 0.952 bits per heavy atom. The van der Waals surface area contributed by atoms with Crippen LogP contribution in [0.15, 0.2) is 42.5 Å². The summed E-state index contributed by atoms with van der Waals surface area (Å²) in [6, 6.07) is 12.7. The zero-order valence-corrected chi connectivity index (χ0v) is 13.1. The summed E-state index contributed by atoms with van der Waals surface area (Å²) in [5.41, 5.74) is 3.80. The highest BCUT2D eigenvalue weighted by atomic mass is 32.1. The molecule has 110 valence electrons. The Morgan fingerprint density at radius 2 is 1.57 bits per heavy atom. The van der Waals surface area contributed by atoms with E-state index in [1.807, 2.05) is 0 Å². The molecule has 2 nitrogen and oxygen atoms in total. The van der Waals surface area contributed by atoms with E-state index in [-0.39, 0.29) is 5.82 Å². The highest BCUT2D eigenvalue weighted by Gasteiger charge is 2.09. The van der Waals surface area contributed by atoms with E-state index < -0.39 is 0 Å². The van der Waals surface area contributed by atoms with Crippen LogP contribution in [0.4, 0.5) is 15.8 Å². The maximum absolute atomic E-state index is 13.6. The summed E-state index contributed by atoms with van der Waals surface area (Å²) in [7, 11) is 0. The Kier molecular flexibility index (Phi) is 5.28. The molecule has 4 heteroatoms. The highest BCUT2D eigenvalue weighted by molar-refractivity contribution is 7.80. The van der Waals surface area contributed by atoms with Crippen molar-refractivity contribution < 1.29 is 4.39 Å². The molecule has 2 N–H and O–H groups in total. The Bertz CT molecular complexity index is 618. The maximum atomic E-state index is 13.6. The fourth-order valence-electron chi connectivity index (χ4n) is 2.23. The molecule has 0 amide bonds. The summed E-state index contributed by atoms with van der Waals surface area (Å²) >= 11 is 5.30. The van der Waals surface area contributed by atoms with Crippen LogP contribution in [0.5, 0.6) is 0 Å². The van der Waals surface area contributed by atoms with Crippen LogP contribution in [0.1, 0.15) is 25.0 Å². The lowest BCUT2D eigenvalue weighted by Gasteiger charge is -2.17. The van der Waals surface area contributed by atoms with Crippen molar-refractivity contribution in [2.24, 2.45) is 0 Å². The molecular weight excluding hydrogens is 283 g/mol. The molecule has 0 aliphatic heterocycles. The molecule has 0 atom stereocenters. The normalized spacial score (nSPS) is 10.2. The molecule has 2 rings (SSSR count). The van der Waals surface area contributed by atoms with E-state index in [9.17, 15) is 4.39 Å². The fourth-order valence-corrected chi connectivity index (χ4v) is 2.44. The first-order valence-corrected chi connectivity index (χ1v) is 7.49. The van der Waals surface area contributed by atoms with Gasteiger partial charge in [0, 0.05) is 5.69 Å². The summed E-state index contributed by atoms with van der Waals surface area (Å²) in [5.74, 6) is -0.318. The lowest BCUT2D eigenvalue weighted by molar-refractivity contribution is 0.632. The molecule has 2 aromatic rings. The predicted molar refractivity (Wildman–Crippen MR) is 91.4 cm³/mol. The molecule has 0 saturated heterocycles. The van der Waals surface area contributed by atoms with Gasteiger partial charge in [0.15, 0.2) is 5.11 Å².